The van der Waals surface area contributed by atoms with E-state index >= 15 is 0 Å². The van der Waals surface area contributed by atoms with Gasteiger partial charge >= 0.3 is 0 Å². The lowest BCUT2D eigenvalue weighted by atomic mass is 9.89. The Hall–Kier alpha value is -2.24. The van der Waals surface area contributed by atoms with Gasteiger partial charge in [0.1, 0.15) is 5.82 Å². The predicted molar refractivity (Wildman–Crippen MR) is 83.8 cm³/mol. The van der Waals surface area contributed by atoms with Gasteiger partial charge in [-0.05, 0) is 43.7 Å². The van der Waals surface area contributed by atoms with Gasteiger partial charge in [0.15, 0.2) is 11.5 Å². The third kappa shape index (κ3) is 1.93. The number of nitrogens with two attached hydrogens (primary N) is 2. The monoisotopic (exact) mass is 284 g/mol. The molecule has 2 aliphatic rings. The maximum absolute atomic E-state index is 6.31. The lowest BCUT2D eigenvalue weighted by Gasteiger charge is -2.19. The average molecular weight is 284 g/mol. The summed E-state index contributed by atoms with van der Waals surface area (Å²) in [5.74, 6) is 1.46. The summed E-state index contributed by atoms with van der Waals surface area (Å²) in [6.07, 6.45) is 7.72. The highest BCUT2D eigenvalue weighted by Gasteiger charge is 2.22. The number of allylic oxidation sites excluding steroid dienone is 1. The summed E-state index contributed by atoms with van der Waals surface area (Å²) in [5, 5.41) is 4.34. The summed E-state index contributed by atoms with van der Waals surface area (Å²) in [5.41, 5.74) is 16.0. The molecule has 0 atom stereocenters. The highest BCUT2D eigenvalue weighted by molar-refractivity contribution is 5.84. The van der Waals surface area contributed by atoms with Gasteiger partial charge in [-0.1, -0.05) is 0 Å². The van der Waals surface area contributed by atoms with Crippen LogP contribution in [0.4, 0.5) is 11.6 Å². The summed E-state index contributed by atoms with van der Waals surface area (Å²) in [6, 6.07) is 2.00. The lowest BCUT2D eigenvalue weighted by molar-refractivity contribution is 0.664. The van der Waals surface area contributed by atoms with Crippen LogP contribution in [0.25, 0.3) is 11.3 Å². The van der Waals surface area contributed by atoms with Crippen molar-refractivity contribution in [2.75, 3.05) is 23.7 Å². The van der Waals surface area contributed by atoms with Crippen molar-refractivity contribution in [1.29, 1.82) is 0 Å². The third-order valence-electron chi connectivity index (χ3n) is 4.53. The Balaban J connectivity index is 1.85. The molecule has 2 fully saturated rings. The van der Waals surface area contributed by atoms with E-state index in [0.717, 1.165) is 48.7 Å². The molecular formula is C15H20N6. The number of rotatable bonds is 2. The van der Waals surface area contributed by atoms with Crippen LogP contribution in [-0.4, -0.2) is 27.7 Å². The molecule has 1 aliphatic carbocycles. The van der Waals surface area contributed by atoms with Crippen LogP contribution in [0.2, 0.25) is 0 Å². The van der Waals surface area contributed by atoms with Crippen LogP contribution in [0.3, 0.4) is 0 Å². The SMILES string of the molecule is NC(=C1CCC1)c1c(N)nn2ccc(N3CCCC3)nc12. The van der Waals surface area contributed by atoms with Crippen molar-refractivity contribution in [3.63, 3.8) is 0 Å². The fourth-order valence-electron chi connectivity index (χ4n) is 3.12. The second kappa shape index (κ2) is 4.65. The molecule has 0 bridgehead atoms. The molecule has 2 aromatic rings. The number of fused-ring (bicyclic) bond motifs is 1. The van der Waals surface area contributed by atoms with Gasteiger partial charge in [0, 0.05) is 25.0 Å². The number of hydrogen-bond donors (Lipinski definition) is 2. The molecule has 0 unspecified atom stereocenters. The number of nitrogen functional groups attached to an aromatic ring is 1. The smallest absolute Gasteiger partial charge is 0.168 e. The van der Waals surface area contributed by atoms with Gasteiger partial charge in [0.05, 0.1) is 5.56 Å². The standard InChI is InChI=1S/C15H20N6/c16-13(10-4-3-5-10)12-14(17)19-21-9-6-11(18-15(12)21)20-7-1-2-8-20/h6,9H,1-5,7-8,16H2,(H2,17,19). The fourth-order valence-corrected chi connectivity index (χ4v) is 3.12. The molecule has 3 heterocycles. The Labute approximate surface area is 123 Å². The molecule has 6 heteroatoms. The van der Waals surface area contributed by atoms with Crippen molar-refractivity contribution in [2.45, 2.75) is 32.1 Å². The first kappa shape index (κ1) is 12.5. The van der Waals surface area contributed by atoms with E-state index in [-0.39, 0.29) is 0 Å². The summed E-state index contributed by atoms with van der Waals surface area (Å²) >= 11 is 0. The van der Waals surface area contributed by atoms with Crippen LogP contribution in [0.15, 0.2) is 17.8 Å². The minimum atomic E-state index is 0.470. The molecule has 110 valence electrons. The van der Waals surface area contributed by atoms with E-state index in [2.05, 4.69) is 10.00 Å². The van der Waals surface area contributed by atoms with Gasteiger partial charge in [-0.25, -0.2) is 9.50 Å². The summed E-state index contributed by atoms with van der Waals surface area (Å²) < 4.78 is 1.73. The summed E-state index contributed by atoms with van der Waals surface area (Å²) in [4.78, 5) is 7.08. The van der Waals surface area contributed by atoms with E-state index in [9.17, 15) is 0 Å². The van der Waals surface area contributed by atoms with Gasteiger partial charge in [-0.3, -0.25) is 0 Å². The van der Waals surface area contributed by atoms with E-state index in [4.69, 9.17) is 16.5 Å². The average Bonchev–Trinajstić information content (AvgIpc) is 3.01. The van der Waals surface area contributed by atoms with E-state index in [1.807, 2.05) is 12.3 Å². The lowest BCUT2D eigenvalue weighted by Crippen LogP contribution is -2.19. The zero-order valence-corrected chi connectivity index (χ0v) is 12.0. The molecule has 2 aromatic heterocycles. The van der Waals surface area contributed by atoms with Crippen LogP contribution in [0, 0.1) is 0 Å². The highest BCUT2D eigenvalue weighted by atomic mass is 15.3. The molecule has 0 amide bonds. The molecular weight excluding hydrogens is 264 g/mol. The topological polar surface area (TPSA) is 85.5 Å². The molecule has 21 heavy (non-hydrogen) atoms. The number of aromatic nitrogens is 3. The number of hydrogen-bond acceptors (Lipinski definition) is 5. The van der Waals surface area contributed by atoms with Crippen LogP contribution < -0.4 is 16.4 Å². The molecule has 0 aromatic carbocycles. The molecule has 6 nitrogen and oxygen atoms in total. The van der Waals surface area contributed by atoms with E-state index in [1.54, 1.807) is 4.52 Å². The zero-order valence-electron chi connectivity index (χ0n) is 12.0. The first-order chi connectivity index (χ1) is 10.2. The molecule has 0 spiro atoms. The Morgan fingerprint density at radius 1 is 1.14 bits per heavy atom. The van der Waals surface area contributed by atoms with Gasteiger partial charge in [-0.15, -0.1) is 5.10 Å². The van der Waals surface area contributed by atoms with Gasteiger partial charge in [0.2, 0.25) is 0 Å². The summed E-state index contributed by atoms with van der Waals surface area (Å²) in [6.45, 7) is 2.14. The largest absolute Gasteiger partial charge is 0.398 e. The highest BCUT2D eigenvalue weighted by Crippen LogP contribution is 2.34. The molecule has 1 aliphatic heterocycles. The quantitative estimate of drug-likeness (QED) is 0.877. The molecule has 4 N–H and O–H groups in total. The van der Waals surface area contributed by atoms with Crippen LogP contribution in [0.5, 0.6) is 0 Å². The van der Waals surface area contributed by atoms with E-state index in [0.29, 0.717) is 5.82 Å². The number of nitrogens with zero attached hydrogens (tertiary/aromatic N) is 4. The zero-order chi connectivity index (χ0) is 14.4. The van der Waals surface area contributed by atoms with Crippen molar-refractivity contribution in [3.8, 4) is 0 Å². The normalized spacial score (nSPS) is 18.3. The molecule has 1 saturated heterocycles. The second-order valence-electron chi connectivity index (χ2n) is 5.88. The van der Waals surface area contributed by atoms with Crippen LogP contribution in [-0.2, 0) is 0 Å². The van der Waals surface area contributed by atoms with Crippen LogP contribution >= 0.6 is 0 Å². The maximum Gasteiger partial charge on any atom is 0.168 e. The third-order valence-corrected chi connectivity index (χ3v) is 4.53. The Morgan fingerprint density at radius 3 is 2.57 bits per heavy atom. The van der Waals surface area contributed by atoms with Crippen LogP contribution in [0.1, 0.15) is 37.7 Å². The van der Waals surface area contributed by atoms with Crippen molar-refractivity contribution < 1.29 is 0 Å². The van der Waals surface area contributed by atoms with Gasteiger partial charge < -0.3 is 16.4 Å². The first-order valence-corrected chi connectivity index (χ1v) is 7.62. The fraction of sp³-hybridized carbons (Fsp3) is 0.467. The van der Waals surface area contributed by atoms with E-state index in [1.165, 1.54) is 24.8 Å². The number of anilines is 2. The van der Waals surface area contributed by atoms with Gasteiger partial charge in [-0.2, -0.15) is 0 Å². The minimum Gasteiger partial charge on any atom is -0.398 e. The molecule has 1 saturated carbocycles. The van der Waals surface area contributed by atoms with Gasteiger partial charge in [0.25, 0.3) is 0 Å². The van der Waals surface area contributed by atoms with Crippen molar-refractivity contribution in [3.05, 3.63) is 23.4 Å². The van der Waals surface area contributed by atoms with Crippen molar-refractivity contribution >= 4 is 23.0 Å². The Bertz CT molecular complexity index is 717. The van der Waals surface area contributed by atoms with Crippen molar-refractivity contribution in [1.82, 2.24) is 14.6 Å². The predicted octanol–water partition coefficient (Wildman–Crippen LogP) is 1.77. The Kier molecular flexibility index (Phi) is 2.77. The van der Waals surface area contributed by atoms with Crippen molar-refractivity contribution in [2.24, 2.45) is 5.73 Å². The molecule has 0 radical (unpaired) electrons. The Morgan fingerprint density at radius 2 is 1.90 bits per heavy atom. The molecule has 4 rings (SSSR count). The first-order valence-electron chi connectivity index (χ1n) is 7.62. The summed E-state index contributed by atoms with van der Waals surface area (Å²) in [7, 11) is 0. The van der Waals surface area contributed by atoms with E-state index < -0.39 is 0 Å². The second-order valence-corrected chi connectivity index (χ2v) is 5.88. The minimum absolute atomic E-state index is 0.470. The maximum atomic E-state index is 6.31.